The lowest BCUT2D eigenvalue weighted by molar-refractivity contribution is 0.752. The van der Waals surface area contributed by atoms with Crippen molar-refractivity contribution in [2.24, 2.45) is 5.73 Å². The van der Waals surface area contributed by atoms with Gasteiger partial charge in [-0.2, -0.15) is 0 Å². The molecular weight excluding hydrogens is 301 g/mol. The lowest BCUT2D eigenvalue weighted by Gasteiger charge is -2.10. The van der Waals surface area contributed by atoms with Crippen molar-refractivity contribution >= 4 is 22.6 Å². The van der Waals surface area contributed by atoms with Gasteiger partial charge < -0.3 is 10.3 Å². The third-order valence-corrected chi connectivity index (χ3v) is 2.96. The number of halogens is 1. The quantitative estimate of drug-likeness (QED) is 0.866. The summed E-state index contributed by atoms with van der Waals surface area (Å²) in [6.45, 7) is 1.96. The van der Waals surface area contributed by atoms with Crippen LogP contribution in [0.4, 0.5) is 0 Å². The molecule has 0 amide bonds. The molecule has 0 aliphatic heterocycles. The zero-order valence-electron chi connectivity index (χ0n) is 8.39. The Morgan fingerprint density at radius 1 is 1.33 bits per heavy atom. The highest BCUT2D eigenvalue weighted by Gasteiger charge is 2.07. The van der Waals surface area contributed by atoms with Crippen LogP contribution in [0.5, 0.6) is 0 Å². The molecule has 1 heterocycles. The molecule has 2 aromatic rings. The minimum Gasteiger partial charge on any atom is -0.323 e. The Labute approximate surface area is 102 Å². The number of imidazole rings is 1. The SMILES string of the molecule is C[C@@H](N)c1cncn1-c1ccc(I)cc1. The second kappa shape index (κ2) is 4.32. The van der Waals surface area contributed by atoms with Crippen LogP contribution >= 0.6 is 22.6 Å². The molecule has 2 rings (SSSR count). The third kappa shape index (κ3) is 2.21. The summed E-state index contributed by atoms with van der Waals surface area (Å²) in [4.78, 5) is 4.12. The molecule has 2 N–H and O–H groups in total. The monoisotopic (exact) mass is 313 g/mol. The molecule has 0 fully saturated rings. The van der Waals surface area contributed by atoms with E-state index in [0.29, 0.717) is 0 Å². The summed E-state index contributed by atoms with van der Waals surface area (Å²) in [5, 5.41) is 0. The van der Waals surface area contributed by atoms with Crippen molar-refractivity contribution in [2.45, 2.75) is 13.0 Å². The molecule has 0 saturated heterocycles. The van der Waals surface area contributed by atoms with Crippen LogP contribution in [0.1, 0.15) is 18.7 Å². The van der Waals surface area contributed by atoms with Crippen LogP contribution in [0.3, 0.4) is 0 Å². The van der Waals surface area contributed by atoms with Crippen molar-refractivity contribution in [3.8, 4) is 5.69 Å². The first-order valence-electron chi connectivity index (χ1n) is 4.72. The van der Waals surface area contributed by atoms with Crippen molar-refractivity contribution < 1.29 is 0 Å². The van der Waals surface area contributed by atoms with Gasteiger partial charge in [-0.3, -0.25) is 0 Å². The lowest BCUT2D eigenvalue weighted by Crippen LogP contribution is -2.10. The van der Waals surface area contributed by atoms with Crippen LogP contribution in [-0.2, 0) is 0 Å². The molecule has 0 bridgehead atoms. The number of aromatic nitrogens is 2. The standard InChI is InChI=1S/C11H12IN3/c1-8(13)11-6-14-7-15(11)10-4-2-9(12)3-5-10/h2-8H,13H2,1H3/t8-/m1/s1. The van der Waals surface area contributed by atoms with Crippen LogP contribution in [0.25, 0.3) is 5.69 Å². The average molecular weight is 313 g/mol. The maximum absolute atomic E-state index is 5.86. The van der Waals surface area contributed by atoms with Gasteiger partial charge in [-0.1, -0.05) is 0 Å². The van der Waals surface area contributed by atoms with Gasteiger partial charge in [-0.15, -0.1) is 0 Å². The van der Waals surface area contributed by atoms with E-state index < -0.39 is 0 Å². The number of nitrogens with zero attached hydrogens (tertiary/aromatic N) is 2. The van der Waals surface area contributed by atoms with Gasteiger partial charge in [0.15, 0.2) is 0 Å². The van der Waals surface area contributed by atoms with E-state index in [-0.39, 0.29) is 6.04 Å². The molecule has 15 heavy (non-hydrogen) atoms. The van der Waals surface area contributed by atoms with Gasteiger partial charge in [-0.25, -0.2) is 4.98 Å². The van der Waals surface area contributed by atoms with E-state index in [0.717, 1.165) is 11.4 Å². The Bertz CT molecular complexity index is 445. The molecule has 0 radical (unpaired) electrons. The fourth-order valence-corrected chi connectivity index (χ4v) is 1.82. The molecule has 1 atom stereocenters. The van der Waals surface area contributed by atoms with Gasteiger partial charge >= 0.3 is 0 Å². The smallest absolute Gasteiger partial charge is 0.0994 e. The summed E-state index contributed by atoms with van der Waals surface area (Å²) < 4.78 is 3.24. The summed E-state index contributed by atoms with van der Waals surface area (Å²) >= 11 is 2.29. The molecule has 0 aliphatic carbocycles. The van der Waals surface area contributed by atoms with E-state index >= 15 is 0 Å². The predicted molar refractivity (Wildman–Crippen MR) is 68.9 cm³/mol. The maximum Gasteiger partial charge on any atom is 0.0994 e. The Morgan fingerprint density at radius 3 is 2.60 bits per heavy atom. The molecule has 3 nitrogen and oxygen atoms in total. The van der Waals surface area contributed by atoms with Crippen molar-refractivity contribution in [2.75, 3.05) is 0 Å². The minimum atomic E-state index is -0.00761. The summed E-state index contributed by atoms with van der Waals surface area (Å²) in [6.07, 6.45) is 3.60. The first-order valence-corrected chi connectivity index (χ1v) is 5.80. The summed E-state index contributed by atoms with van der Waals surface area (Å²) in [5.74, 6) is 0. The molecule has 1 aromatic heterocycles. The van der Waals surface area contributed by atoms with Gasteiger partial charge in [0.25, 0.3) is 0 Å². The molecule has 78 valence electrons. The van der Waals surface area contributed by atoms with Crippen LogP contribution in [0, 0.1) is 3.57 Å². The van der Waals surface area contributed by atoms with Gasteiger partial charge in [0.05, 0.1) is 18.2 Å². The van der Waals surface area contributed by atoms with Crippen molar-refractivity contribution in [3.63, 3.8) is 0 Å². The van der Waals surface area contributed by atoms with Crippen molar-refractivity contribution in [3.05, 3.63) is 46.1 Å². The van der Waals surface area contributed by atoms with E-state index in [1.807, 2.05) is 17.7 Å². The van der Waals surface area contributed by atoms with Gasteiger partial charge in [0.1, 0.15) is 0 Å². The largest absolute Gasteiger partial charge is 0.323 e. The van der Waals surface area contributed by atoms with Crippen LogP contribution in [-0.4, -0.2) is 9.55 Å². The zero-order valence-corrected chi connectivity index (χ0v) is 10.5. The van der Waals surface area contributed by atoms with E-state index in [1.165, 1.54) is 3.57 Å². The van der Waals surface area contributed by atoms with Crippen LogP contribution in [0.15, 0.2) is 36.8 Å². The van der Waals surface area contributed by atoms with Gasteiger partial charge in [0, 0.05) is 15.3 Å². The number of hydrogen-bond acceptors (Lipinski definition) is 2. The maximum atomic E-state index is 5.86. The molecule has 0 saturated carbocycles. The highest BCUT2D eigenvalue weighted by atomic mass is 127. The van der Waals surface area contributed by atoms with E-state index in [2.05, 4.69) is 51.8 Å². The Hall–Kier alpha value is -0.880. The predicted octanol–water partition coefficient (Wildman–Crippen LogP) is 2.50. The van der Waals surface area contributed by atoms with Crippen molar-refractivity contribution in [1.82, 2.24) is 9.55 Å². The van der Waals surface area contributed by atoms with Crippen LogP contribution in [0.2, 0.25) is 0 Å². The second-order valence-electron chi connectivity index (χ2n) is 3.45. The Balaban J connectivity index is 2.45. The summed E-state index contributed by atoms with van der Waals surface area (Å²) in [6, 6.07) is 8.26. The fraction of sp³-hybridized carbons (Fsp3) is 0.182. The number of nitrogens with two attached hydrogens (primary N) is 1. The molecule has 0 unspecified atom stereocenters. The number of rotatable bonds is 2. The Morgan fingerprint density at radius 2 is 2.00 bits per heavy atom. The lowest BCUT2D eigenvalue weighted by atomic mass is 10.2. The topological polar surface area (TPSA) is 43.8 Å². The van der Waals surface area contributed by atoms with Crippen molar-refractivity contribution in [1.29, 1.82) is 0 Å². The Kier molecular flexibility index (Phi) is 3.06. The zero-order chi connectivity index (χ0) is 10.8. The van der Waals surface area contributed by atoms with Gasteiger partial charge in [-0.05, 0) is 53.8 Å². The minimum absolute atomic E-state index is 0.00761. The molecule has 1 aromatic carbocycles. The summed E-state index contributed by atoms with van der Waals surface area (Å²) in [5.41, 5.74) is 7.99. The molecular formula is C11H12IN3. The molecule has 0 spiro atoms. The third-order valence-electron chi connectivity index (χ3n) is 2.24. The number of hydrogen-bond donors (Lipinski definition) is 1. The molecule has 4 heteroatoms. The van der Waals surface area contributed by atoms with E-state index in [4.69, 9.17) is 5.73 Å². The average Bonchev–Trinajstić information content (AvgIpc) is 2.67. The van der Waals surface area contributed by atoms with E-state index in [9.17, 15) is 0 Å². The molecule has 0 aliphatic rings. The van der Waals surface area contributed by atoms with Crippen LogP contribution < -0.4 is 5.73 Å². The fourth-order valence-electron chi connectivity index (χ4n) is 1.46. The number of benzene rings is 1. The summed E-state index contributed by atoms with van der Waals surface area (Å²) in [7, 11) is 0. The highest BCUT2D eigenvalue weighted by Crippen LogP contribution is 2.16. The first kappa shape index (κ1) is 10.6. The highest BCUT2D eigenvalue weighted by molar-refractivity contribution is 14.1. The van der Waals surface area contributed by atoms with Gasteiger partial charge in [0.2, 0.25) is 0 Å². The van der Waals surface area contributed by atoms with E-state index in [1.54, 1.807) is 6.33 Å². The first-order chi connectivity index (χ1) is 7.18. The second-order valence-corrected chi connectivity index (χ2v) is 4.70. The normalized spacial score (nSPS) is 12.7.